The maximum atomic E-state index is 13.6. The highest BCUT2D eigenvalue weighted by atomic mass is 16.6. The first kappa shape index (κ1) is 28.3. The highest BCUT2D eigenvalue weighted by Gasteiger charge is 2.24. The number of fused-ring (bicyclic) bond motifs is 2. The van der Waals surface area contributed by atoms with Crippen LogP contribution < -0.4 is 11.0 Å². The van der Waals surface area contributed by atoms with Crippen LogP contribution in [-0.2, 0) is 20.8 Å². The standard InChI is InChI=1S/C28H29N5O7/c1-4-6-7-11-19(33(37)38)15-23(34)29-26-22(28(36)39-5-2)16-21-25(32(26)17-20-12-9-14-40-20)30-24-18(3)10-8-13-31(24)27(21)35/h4,6-8,10-11,13,16,20H,1,5,9,12,14-15,17H2,2-3H3/b7-6-,19-11+,29-26?. The molecule has 0 aliphatic carbocycles. The average Bonchev–Trinajstić information content (AvgIpc) is 3.43. The van der Waals surface area contributed by atoms with Gasteiger partial charge in [0.2, 0.25) is 0 Å². The molecule has 0 aromatic carbocycles. The third-order valence-corrected chi connectivity index (χ3v) is 6.34. The zero-order chi connectivity index (χ0) is 28.8. The molecular weight excluding hydrogens is 518 g/mol. The van der Waals surface area contributed by atoms with E-state index in [-0.39, 0.29) is 41.3 Å². The van der Waals surface area contributed by atoms with Crippen molar-refractivity contribution in [3.63, 3.8) is 0 Å². The highest BCUT2D eigenvalue weighted by Crippen LogP contribution is 2.18. The van der Waals surface area contributed by atoms with Crippen molar-refractivity contribution >= 4 is 28.6 Å². The summed E-state index contributed by atoms with van der Waals surface area (Å²) < 4.78 is 13.9. The van der Waals surface area contributed by atoms with E-state index in [2.05, 4.69) is 11.6 Å². The quantitative estimate of drug-likeness (QED) is 0.131. The van der Waals surface area contributed by atoms with Crippen molar-refractivity contribution in [2.45, 2.75) is 45.8 Å². The maximum absolute atomic E-state index is 13.6. The third kappa shape index (κ3) is 5.96. The van der Waals surface area contributed by atoms with Gasteiger partial charge in [0.15, 0.2) is 5.49 Å². The van der Waals surface area contributed by atoms with Crippen molar-refractivity contribution in [2.75, 3.05) is 13.2 Å². The Kier molecular flexibility index (Phi) is 8.80. The lowest BCUT2D eigenvalue weighted by Gasteiger charge is -2.18. The van der Waals surface area contributed by atoms with Crippen molar-refractivity contribution in [2.24, 2.45) is 4.99 Å². The fourth-order valence-electron chi connectivity index (χ4n) is 4.47. The number of ether oxygens (including phenoxy) is 2. The van der Waals surface area contributed by atoms with Crippen LogP contribution in [0.4, 0.5) is 0 Å². The van der Waals surface area contributed by atoms with Gasteiger partial charge < -0.3 is 14.0 Å². The van der Waals surface area contributed by atoms with Crippen LogP contribution in [0.2, 0.25) is 0 Å². The zero-order valence-electron chi connectivity index (χ0n) is 22.2. The molecule has 3 aromatic heterocycles. The Morgan fingerprint density at radius 1 is 1.35 bits per heavy atom. The Morgan fingerprint density at radius 2 is 2.15 bits per heavy atom. The third-order valence-electron chi connectivity index (χ3n) is 6.34. The first-order valence-corrected chi connectivity index (χ1v) is 12.8. The molecule has 1 fully saturated rings. The zero-order valence-corrected chi connectivity index (χ0v) is 22.2. The minimum Gasteiger partial charge on any atom is -0.462 e. The molecule has 0 radical (unpaired) electrons. The Labute approximate surface area is 228 Å². The second kappa shape index (κ2) is 12.4. The van der Waals surface area contributed by atoms with Crippen LogP contribution in [0.5, 0.6) is 0 Å². The van der Waals surface area contributed by atoms with Gasteiger partial charge in [-0.2, -0.15) is 4.99 Å². The van der Waals surface area contributed by atoms with E-state index >= 15 is 0 Å². The molecule has 12 heteroatoms. The van der Waals surface area contributed by atoms with Gasteiger partial charge in [0.05, 0.1) is 29.6 Å². The van der Waals surface area contributed by atoms with Crippen molar-refractivity contribution in [3.8, 4) is 0 Å². The number of carbonyl (C=O) groups excluding carboxylic acids is 2. The second-order valence-corrected chi connectivity index (χ2v) is 9.10. The molecule has 40 heavy (non-hydrogen) atoms. The molecule has 1 aliphatic rings. The number of nitro groups is 1. The van der Waals surface area contributed by atoms with Crippen LogP contribution in [0, 0.1) is 17.0 Å². The van der Waals surface area contributed by atoms with Crippen LogP contribution in [0.25, 0.3) is 16.7 Å². The molecule has 3 aromatic rings. The van der Waals surface area contributed by atoms with Crippen molar-refractivity contribution in [1.82, 2.24) is 14.0 Å². The molecule has 0 N–H and O–H groups in total. The summed E-state index contributed by atoms with van der Waals surface area (Å²) in [5.74, 6) is -1.67. The molecule has 4 rings (SSSR count). The number of hydrogen-bond acceptors (Lipinski definition) is 8. The highest BCUT2D eigenvalue weighted by molar-refractivity contribution is 5.94. The lowest BCUT2D eigenvalue weighted by Crippen LogP contribution is -2.35. The molecule has 1 amide bonds. The summed E-state index contributed by atoms with van der Waals surface area (Å²) in [6, 6.07) is 4.84. The van der Waals surface area contributed by atoms with Gasteiger partial charge in [0.25, 0.3) is 17.2 Å². The van der Waals surface area contributed by atoms with E-state index in [9.17, 15) is 24.5 Å². The second-order valence-electron chi connectivity index (χ2n) is 9.10. The Balaban J connectivity index is 2.03. The van der Waals surface area contributed by atoms with Gasteiger partial charge in [0.1, 0.15) is 23.3 Å². The minimum absolute atomic E-state index is 0.0357. The molecule has 1 atom stereocenters. The number of nitrogens with zero attached hydrogens (tertiary/aromatic N) is 5. The predicted molar refractivity (Wildman–Crippen MR) is 146 cm³/mol. The number of allylic oxidation sites excluding steroid dienone is 4. The summed E-state index contributed by atoms with van der Waals surface area (Å²) in [4.78, 5) is 59.6. The molecule has 1 aliphatic heterocycles. The van der Waals surface area contributed by atoms with E-state index < -0.39 is 34.5 Å². The van der Waals surface area contributed by atoms with Gasteiger partial charge in [-0.15, -0.1) is 0 Å². The summed E-state index contributed by atoms with van der Waals surface area (Å²) in [7, 11) is 0. The van der Waals surface area contributed by atoms with Gasteiger partial charge >= 0.3 is 5.97 Å². The molecule has 1 unspecified atom stereocenters. The maximum Gasteiger partial charge on any atom is 0.341 e. The minimum atomic E-state index is -0.866. The number of rotatable bonds is 9. The van der Waals surface area contributed by atoms with E-state index in [1.165, 1.54) is 39.3 Å². The monoisotopic (exact) mass is 547 g/mol. The van der Waals surface area contributed by atoms with E-state index in [0.717, 1.165) is 12.0 Å². The molecule has 0 saturated carbocycles. The SMILES string of the molecule is C=C/C=C\C=C(/CC(=O)N=c1c(C(=O)OCC)cc2c(=O)n3cccc(C)c3nc2n1CC1CCCO1)[N+](=O)[O-]. The molecule has 1 saturated heterocycles. The van der Waals surface area contributed by atoms with Crippen molar-refractivity contribution in [1.29, 1.82) is 0 Å². The van der Waals surface area contributed by atoms with Crippen molar-refractivity contribution < 1.29 is 24.0 Å². The Bertz CT molecular complexity index is 1690. The van der Waals surface area contributed by atoms with Crippen LogP contribution in [-0.4, -0.2) is 50.1 Å². The Morgan fingerprint density at radius 3 is 2.83 bits per heavy atom. The number of aromatic nitrogens is 3. The summed E-state index contributed by atoms with van der Waals surface area (Å²) in [6.45, 7) is 7.67. The van der Waals surface area contributed by atoms with Crippen LogP contribution >= 0.6 is 0 Å². The summed E-state index contributed by atoms with van der Waals surface area (Å²) in [6.07, 6.45) is 7.68. The fraction of sp³-hybridized carbons (Fsp3) is 0.321. The average molecular weight is 548 g/mol. The van der Waals surface area contributed by atoms with Gasteiger partial charge in [-0.05, 0) is 44.4 Å². The van der Waals surface area contributed by atoms with Crippen LogP contribution in [0.3, 0.4) is 0 Å². The molecule has 0 bridgehead atoms. The van der Waals surface area contributed by atoms with Gasteiger partial charge in [-0.3, -0.25) is 24.1 Å². The first-order chi connectivity index (χ1) is 19.2. The summed E-state index contributed by atoms with van der Waals surface area (Å²) in [5, 5.41) is 11.7. The number of carbonyl (C=O) groups is 2. The number of pyridine rings is 2. The molecule has 208 valence electrons. The predicted octanol–water partition coefficient (Wildman–Crippen LogP) is 3.03. The largest absolute Gasteiger partial charge is 0.462 e. The number of esters is 1. The van der Waals surface area contributed by atoms with Crippen molar-refractivity contribution in [3.05, 3.63) is 98.1 Å². The summed E-state index contributed by atoms with van der Waals surface area (Å²) in [5.41, 5.74) is 0.284. The van der Waals surface area contributed by atoms with E-state index in [1.807, 2.05) is 13.0 Å². The molecule has 4 heterocycles. The van der Waals surface area contributed by atoms with Crippen LogP contribution in [0.15, 0.2) is 70.8 Å². The lowest BCUT2D eigenvalue weighted by atomic mass is 10.1. The van der Waals surface area contributed by atoms with Gasteiger partial charge in [-0.1, -0.05) is 30.9 Å². The number of aryl methyl sites for hydroxylation is 1. The first-order valence-electron chi connectivity index (χ1n) is 12.8. The lowest BCUT2D eigenvalue weighted by molar-refractivity contribution is -0.426. The van der Waals surface area contributed by atoms with E-state index in [0.29, 0.717) is 18.7 Å². The number of hydrogen-bond donors (Lipinski definition) is 0. The van der Waals surface area contributed by atoms with Gasteiger partial charge in [0, 0.05) is 18.9 Å². The van der Waals surface area contributed by atoms with Crippen LogP contribution in [0.1, 0.15) is 42.1 Å². The topological polar surface area (TPSA) is 147 Å². The Hall–Kier alpha value is -4.71. The molecule has 0 spiro atoms. The fourth-order valence-corrected chi connectivity index (χ4v) is 4.47. The molecular formula is C28H29N5O7. The molecule has 12 nitrogen and oxygen atoms in total. The van der Waals surface area contributed by atoms with E-state index in [1.54, 1.807) is 19.2 Å². The normalized spacial score (nSPS) is 16.2. The number of amides is 1. The smallest absolute Gasteiger partial charge is 0.341 e. The van der Waals surface area contributed by atoms with E-state index in [4.69, 9.17) is 14.5 Å². The van der Waals surface area contributed by atoms with Gasteiger partial charge in [-0.25, -0.2) is 9.78 Å². The summed E-state index contributed by atoms with van der Waals surface area (Å²) >= 11 is 0.